The van der Waals surface area contributed by atoms with E-state index in [9.17, 15) is 13.5 Å². The van der Waals surface area contributed by atoms with Crippen LogP contribution in [0.15, 0.2) is 47.4 Å². The molecule has 0 bridgehead atoms. The van der Waals surface area contributed by atoms with Crippen molar-refractivity contribution in [3.05, 3.63) is 53.1 Å². The van der Waals surface area contributed by atoms with E-state index in [0.29, 0.717) is 11.3 Å². The maximum absolute atomic E-state index is 12.5. The Morgan fingerprint density at radius 1 is 1.24 bits per heavy atom. The average Bonchev–Trinajstić information content (AvgIpc) is 2.41. The van der Waals surface area contributed by atoms with Crippen molar-refractivity contribution >= 4 is 27.3 Å². The van der Waals surface area contributed by atoms with E-state index in [-0.39, 0.29) is 22.2 Å². The highest BCUT2D eigenvalue weighted by Crippen LogP contribution is 2.27. The van der Waals surface area contributed by atoms with Crippen LogP contribution in [0.5, 0.6) is 5.75 Å². The van der Waals surface area contributed by atoms with Crippen LogP contribution in [0, 0.1) is 0 Å². The average molecular weight is 327 g/mol. The molecule has 2 aromatic carbocycles. The molecular weight excluding hydrogens is 312 g/mol. The predicted molar refractivity (Wildman–Crippen MR) is 82.6 cm³/mol. The molecule has 7 heteroatoms. The maximum Gasteiger partial charge on any atom is 0.244 e. The first-order chi connectivity index (χ1) is 9.80. The van der Waals surface area contributed by atoms with Crippen molar-refractivity contribution in [1.82, 2.24) is 4.31 Å². The number of aromatic hydroxyl groups is 1. The lowest BCUT2D eigenvalue weighted by Gasteiger charge is -2.18. The highest BCUT2D eigenvalue weighted by molar-refractivity contribution is 7.89. The van der Waals surface area contributed by atoms with E-state index in [0.717, 1.165) is 4.31 Å². The molecule has 2 rings (SSSR count). The van der Waals surface area contributed by atoms with Gasteiger partial charge in [0.25, 0.3) is 0 Å². The zero-order chi connectivity index (χ0) is 15.6. The second-order valence-corrected chi connectivity index (χ2v) is 7.04. The summed E-state index contributed by atoms with van der Waals surface area (Å²) in [4.78, 5) is -0.0354. The number of phenolic OH excluding ortho intramolecular Hbond substituents is 1. The second-order valence-electron chi connectivity index (χ2n) is 4.62. The number of hydrogen-bond acceptors (Lipinski definition) is 4. The number of phenols is 1. The first-order valence-electron chi connectivity index (χ1n) is 6.10. The third kappa shape index (κ3) is 3.47. The van der Waals surface area contributed by atoms with Crippen molar-refractivity contribution in [2.75, 3.05) is 12.8 Å². The fourth-order valence-electron chi connectivity index (χ4n) is 1.88. The van der Waals surface area contributed by atoms with Gasteiger partial charge in [-0.1, -0.05) is 23.7 Å². The molecule has 0 aliphatic heterocycles. The number of halogens is 1. The van der Waals surface area contributed by atoms with Gasteiger partial charge < -0.3 is 10.8 Å². The Labute approximate surface area is 128 Å². The molecule has 112 valence electrons. The summed E-state index contributed by atoms with van der Waals surface area (Å²) in [7, 11) is -2.32. The van der Waals surface area contributed by atoms with Crippen LogP contribution in [0.1, 0.15) is 5.56 Å². The standard InChI is InChI=1S/C14H15ClN2O3S/c1-17(9-10-3-2-4-12(18)7-10)21(19,20)14-8-11(16)5-6-13(14)15/h2-8,18H,9,16H2,1H3. The van der Waals surface area contributed by atoms with Crippen molar-refractivity contribution in [1.29, 1.82) is 0 Å². The molecule has 0 aliphatic rings. The third-order valence-corrected chi connectivity index (χ3v) is 5.24. The predicted octanol–water partition coefficient (Wildman–Crippen LogP) is 2.45. The van der Waals surface area contributed by atoms with Crippen LogP contribution in [0.2, 0.25) is 5.02 Å². The van der Waals surface area contributed by atoms with Crippen molar-refractivity contribution in [2.24, 2.45) is 0 Å². The SMILES string of the molecule is CN(Cc1cccc(O)c1)S(=O)(=O)c1cc(N)ccc1Cl. The summed E-state index contributed by atoms with van der Waals surface area (Å²) < 4.78 is 26.2. The van der Waals surface area contributed by atoms with Gasteiger partial charge in [-0.3, -0.25) is 0 Å². The van der Waals surface area contributed by atoms with Gasteiger partial charge in [0, 0.05) is 19.3 Å². The summed E-state index contributed by atoms with van der Waals surface area (Å²) in [5, 5.41) is 9.54. The number of nitrogens with zero attached hydrogens (tertiary/aromatic N) is 1. The molecule has 0 radical (unpaired) electrons. The lowest BCUT2D eigenvalue weighted by Crippen LogP contribution is -2.26. The monoisotopic (exact) mass is 326 g/mol. The number of rotatable bonds is 4. The van der Waals surface area contributed by atoms with E-state index < -0.39 is 10.0 Å². The molecule has 0 saturated carbocycles. The summed E-state index contributed by atoms with van der Waals surface area (Å²) in [5.41, 5.74) is 6.61. The Morgan fingerprint density at radius 3 is 2.62 bits per heavy atom. The number of anilines is 1. The van der Waals surface area contributed by atoms with Crippen molar-refractivity contribution < 1.29 is 13.5 Å². The molecule has 0 heterocycles. The molecule has 0 spiro atoms. The van der Waals surface area contributed by atoms with Crippen LogP contribution in [-0.2, 0) is 16.6 Å². The maximum atomic E-state index is 12.5. The third-order valence-electron chi connectivity index (χ3n) is 2.96. The Balaban J connectivity index is 2.33. The van der Waals surface area contributed by atoms with E-state index in [1.165, 1.54) is 37.4 Å². The zero-order valence-corrected chi connectivity index (χ0v) is 12.9. The molecule has 0 unspecified atom stereocenters. The first-order valence-corrected chi connectivity index (χ1v) is 7.92. The van der Waals surface area contributed by atoms with Crippen molar-refractivity contribution in [2.45, 2.75) is 11.4 Å². The topological polar surface area (TPSA) is 83.6 Å². The molecule has 0 saturated heterocycles. The molecule has 0 aliphatic carbocycles. The van der Waals surface area contributed by atoms with Crippen LogP contribution < -0.4 is 5.73 Å². The zero-order valence-electron chi connectivity index (χ0n) is 11.3. The van der Waals surface area contributed by atoms with Crippen LogP contribution in [-0.4, -0.2) is 24.9 Å². The normalized spacial score (nSPS) is 11.8. The van der Waals surface area contributed by atoms with Crippen LogP contribution >= 0.6 is 11.6 Å². The van der Waals surface area contributed by atoms with Gasteiger partial charge in [0.05, 0.1) is 5.02 Å². The van der Waals surface area contributed by atoms with Gasteiger partial charge in [0.1, 0.15) is 10.6 Å². The van der Waals surface area contributed by atoms with Crippen molar-refractivity contribution in [3.8, 4) is 5.75 Å². The fraction of sp³-hybridized carbons (Fsp3) is 0.143. The lowest BCUT2D eigenvalue weighted by molar-refractivity contribution is 0.458. The second kappa shape index (κ2) is 5.93. The number of sulfonamides is 1. The Hall–Kier alpha value is -1.76. The highest BCUT2D eigenvalue weighted by atomic mass is 35.5. The summed E-state index contributed by atoms with van der Waals surface area (Å²) in [6.07, 6.45) is 0. The molecule has 5 nitrogen and oxygen atoms in total. The number of hydrogen-bond donors (Lipinski definition) is 2. The van der Waals surface area contributed by atoms with E-state index >= 15 is 0 Å². The van der Waals surface area contributed by atoms with Crippen LogP contribution in [0.25, 0.3) is 0 Å². The molecule has 0 aromatic heterocycles. The van der Waals surface area contributed by atoms with Gasteiger partial charge in [-0.05, 0) is 35.9 Å². The summed E-state index contributed by atoms with van der Waals surface area (Å²) in [6.45, 7) is 0.113. The minimum absolute atomic E-state index is 0.0354. The largest absolute Gasteiger partial charge is 0.508 e. The van der Waals surface area contributed by atoms with Gasteiger partial charge in [-0.25, -0.2) is 8.42 Å². The van der Waals surface area contributed by atoms with Gasteiger partial charge in [-0.15, -0.1) is 0 Å². The fourth-order valence-corrected chi connectivity index (χ4v) is 3.55. The first kappa shape index (κ1) is 15.6. The van der Waals surface area contributed by atoms with Gasteiger partial charge >= 0.3 is 0 Å². The number of nitrogens with two attached hydrogens (primary N) is 1. The van der Waals surface area contributed by atoms with Gasteiger partial charge in [0.15, 0.2) is 0 Å². The van der Waals surface area contributed by atoms with E-state index in [4.69, 9.17) is 17.3 Å². The van der Waals surface area contributed by atoms with Crippen molar-refractivity contribution in [3.63, 3.8) is 0 Å². The quantitative estimate of drug-likeness (QED) is 0.845. The summed E-state index contributed by atoms with van der Waals surface area (Å²) >= 11 is 5.95. The highest BCUT2D eigenvalue weighted by Gasteiger charge is 2.24. The molecule has 0 fully saturated rings. The molecule has 0 amide bonds. The number of nitrogen functional groups attached to an aromatic ring is 1. The smallest absolute Gasteiger partial charge is 0.244 e. The van der Waals surface area contributed by atoms with Crippen LogP contribution in [0.3, 0.4) is 0 Å². The molecule has 3 N–H and O–H groups in total. The van der Waals surface area contributed by atoms with E-state index in [1.54, 1.807) is 12.1 Å². The summed E-state index contributed by atoms with van der Waals surface area (Å²) in [5.74, 6) is 0.0836. The Morgan fingerprint density at radius 2 is 1.95 bits per heavy atom. The minimum Gasteiger partial charge on any atom is -0.508 e. The lowest BCUT2D eigenvalue weighted by atomic mass is 10.2. The molecule has 0 atom stereocenters. The van der Waals surface area contributed by atoms with E-state index in [2.05, 4.69) is 0 Å². The van der Waals surface area contributed by atoms with Gasteiger partial charge in [0.2, 0.25) is 10.0 Å². The number of benzene rings is 2. The molecule has 2 aromatic rings. The van der Waals surface area contributed by atoms with E-state index in [1.807, 2.05) is 0 Å². The molecule has 21 heavy (non-hydrogen) atoms. The Kier molecular flexibility index (Phi) is 4.41. The minimum atomic E-state index is -3.76. The summed E-state index contributed by atoms with van der Waals surface area (Å²) in [6, 6.07) is 10.7. The van der Waals surface area contributed by atoms with Crippen LogP contribution in [0.4, 0.5) is 5.69 Å². The van der Waals surface area contributed by atoms with Gasteiger partial charge in [-0.2, -0.15) is 4.31 Å². The molecular formula is C14H15ClN2O3S. The Bertz CT molecular complexity index is 763.